The highest BCUT2D eigenvalue weighted by Gasteiger charge is 2.74. The van der Waals surface area contributed by atoms with Crippen molar-refractivity contribution in [3.05, 3.63) is 100 Å². The van der Waals surface area contributed by atoms with Crippen molar-refractivity contribution in [1.82, 2.24) is 0 Å². The molecule has 34 heavy (non-hydrogen) atoms. The van der Waals surface area contributed by atoms with E-state index in [0.29, 0.717) is 16.3 Å². The zero-order valence-electron chi connectivity index (χ0n) is 18.0. The van der Waals surface area contributed by atoms with Gasteiger partial charge in [0.15, 0.2) is 0 Å². The number of ether oxygens (including phenoxy) is 1. The van der Waals surface area contributed by atoms with Crippen LogP contribution in [-0.2, 0) is 14.3 Å². The fourth-order valence-electron chi connectivity index (χ4n) is 5.44. The highest BCUT2D eigenvalue weighted by Crippen LogP contribution is 2.57. The number of rotatable bonds is 2. The lowest BCUT2D eigenvalue weighted by Gasteiger charge is -2.27. The first-order valence-corrected chi connectivity index (χ1v) is 11.3. The van der Waals surface area contributed by atoms with E-state index in [1.807, 2.05) is 19.1 Å². The van der Waals surface area contributed by atoms with Crippen LogP contribution in [0.2, 0.25) is 5.02 Å². The Kier molecular flexibility index (Phi) is 4.43. The van der Waals surface area contributed by atoms with Gasteiger partial charge in [0.2, 0.25) is 29.0 Å². The molecule has 3 atom stereocenters. The van der Waals surface area contributed by atoms with Gasteiger partial charge < -0.3 is 4.74 Å². The number of fused-ring (bicyclic) bond motifs is 3. The van der Waals surface area contributed by atoms with Crippen LogP contribution >= 0.6 is 11.6 Å². The minimum Gasteiger partial charge on any atom is -0.349 e. The smallest absolute Gasteiger partial charge is 0.241 e. The molecule has 0 radical (unpaired) electrons. The Hall–Kier alpha value is -3.61. The zero-order chi connectivity index (χ0) is 23.8. The summed E-state index contributed by atoms with van der Waals surface area (Å²) >= 11 is 6.12. The number of amides is 2. The van der Waals surface area contributed by atoms with Crippen LogP contribution in [0.5, 0.6) is 0 Å². The Balaban J connectivity index is 1.55. The maximum atomic E-state index is 13.8. The number of halogens is 1. The van der Waals surface area contributed by atoms with Crippen LogP contribution in [0.3, 0.4) is 0 Å². The molecular formula is C27H18ClNO5. The highest BCUT2D eigenvalue weighted by atomic mass is 35.5. The number of benzene rings is 3. The van der Waals surface area contributed by atoms with Crippen molar-refractivity contribution in [1.29, 1.82) is 0 Å². The van der Waals surface area contributed by atoms with Gasteiger partial charge in [0.1, 0.15) is 0 Å². The van der Waals surface area contributed by atoms with Gasteiger partial charge in [-0.1, -0.05) is 71.8 Å². The molecule has 6 rings (SSSR count). The van der Waals surface area contributed by atoms with E-state index < -0.39 is 46.9 Å². The maximum absolute atomic E-state index is 13.8. The number of hydrogen-bond donors (Lipinski definition) is 0. The van der Waals surface area contributed by atoms with Crippen LogP contribution in [0.4, 0.5) is 5.69 Å². The minimum absolute atomic E-state index is 0.206. The molecule has 2 saturated heterocycles. The van der Waals surface area contributed by atoms with E-state index >= 15 is 0 Å². The second-order valence-electron chi connectivity index (χ2n) is 8.88. The van der Waals surface area contributed by atoms with Crippen LogP contribution in [0.25, 0.3) is 0 Å². The Labute approximate surface area is 200 Å². The number of Topliss-reactive ketones (excluding diaryl/α,β-unsaturated/α-hetero) is 2. The first-order chi connectivity index (χ1) is 16.3. The molecule has 3 aromatic rings. The summed E-state index contributed by atoms with van der Waals surface area (Å²) in [6.07, 6.45) is -0.937. The summed E-state index contributed by atoms with van der Waals surface area (Å²) in [6.45, 7) is 1.93. The Bertz CT molecular complexity index is 1380. The molecule has 0 bridgehead atoms. The van der Waals surface area contributed by atoms with Gasteiger partial charge in [-0.25, -0.2) is 4.90 Å². The van der Waals surface area contributed by atoms with E-state index in [2.05, 4.69) is 0 Å². The first kappa shape index (κ1) is 21.0. The third-order valence-electron chi connectivity index (χ3n) is 6.99. The number of carbonyl (C=O) groups excluding carboxylic acids is 4. The van der Waals surface area contributed by atoms with Crippen molar-refractivity contribution >= 4 is 40.7 Å². The SMILES string of the molecule is Cc1ccc([C@H]2OC3(C(=O)c4ccccc4C3=O)[C@H]3C(=O)N(c4cccc(Cl)c4)C(=O)[C@H]23)cc1. The van der Waals surface area contributed by atoms with E-state index in [0.717, 1.165) is 10.5 Å². The lowest BCUT2D eigenvalue weighted by Crippen LogP contribution is -2.51. The number of carbonyl (C=O) groups is 4. The van der Waals surface area contributed by atoms with Gasteiger partial charge in [0.05, 0.1) is 23.6 Å². The Morgan fingerprint density at radius 2 is 1.47 bits per heavy atom. The largest absolute Gasteiger partial charge is 0.349 e. The lowest BCUT2D eigenvalue weighted by molar-refractivity contribution is -0.127. The van der Waals surface area contributed by atoms with E-state index in [1.165, 1.54) is 6.07 Å². The molecule has 1 aliphatic carbocycles. The van der Waals surface area contributed by atoms with E-state index in [9.17, 15) is 19.2 Å². The Morgan fingerprint density at radius 1 is 0.824 bits per heavy atom. The number of imide groups is 1. The van der Waals surface area contributed by atoms with Crippen LogP contribution in [0.1, 0.15) is 37.9 Å². The zero-order valence-corrected chi connectivity index (χ0v) is 18.8. The fourth-order valence-corrected chi connectivity index (χ4v) is 5.63. The van der Waals surface area contributed by atoms with Crippen molar-refractivity contribution < 1.29 is 23.9 Å². The van der Waals surface area contributed by atoms with Gasteiger partial charge in [0, 0.05) is 16.1 Å². The molecule has 3 aromatic carbocycles. The summed E-state index contributed by atoms with van der Waals surface area (Å²) in [5.74, 6) is -4.62. The lowest BCUT2D eigenvalue weighted by atomic mass is 9.77. The number of aryl methyl sites for hydroxylation is 1. The van der Waals surface area contributed by atoms with Gasteiger partial charge in [-0.3, -0.25) is 19.2 Å². The number of anilines is 1. The highest BCUT2D eigenvalue weighted by molar-refractivity contribution is 6.37. The van der Waals surface area contributed by atoms with Crippen LogP contribution in [0.15, 0.2) is 72.8 Å². The molecule has 0 unspecified atom stereocenters. The second kappa shape index (κ2) is 7.19. The van der Waals surface area contributed by atoms with Gasteiger partial charge in [0.25, 0.3) is 0 Å². The molecular weight excluding hydrogens is 454 g/mol. The predicted molar refractivity (Wildman–Crippen MR) is 124 cm³/mol. The molecule has 2 amide bonds. The molecule has 3 aliphatic rings. The maximum Gasteiger partial charge on any atom is 0.241 e. The molecule has 1 spiro atoms. The molecule has 0 aromatic heterocycles. The van der Waals surface area contributed by atoms with E-state index in [1.54, 1.807) is 54.6 Å². The first-order valence-electron chi connectivity index (χ1n) is 10.9. The normalized spacial score (nSPS) is 24.8. The number of ketones is 2. The van der Waals surface area contributed by atoms with Crippen molar-refractivity contribution in [2.24, 2.45) is 11.8 Å². The molecule has 2 aliphatic heterocycles. The molecule has 0 N–H and O–H groups in total. The molecule has 6 nitrogen and oxygen atoms in total. The van der Waals surface area contributed by atoms with Gasteiger partial charge in [-0.15, -0.1) is 0 Å². The summed E-state index contributed by atoms with van der Waals surface area (Å²) in [6, 6.07) is 20.1. The van der Waals surface area contributed by atoms with Gasteiger partial charge in [-0.2, -0.15) is 0 Å². The quantitative estimate of drug-likeness (QED) is 0.410. The number of nitrogens with zero attached hydrogens (tertiary/aromatic N) is 1. The third-order valence-corrected chi connectivity index (χ3v) is 7.23. The average Bonchev–Trinajstić information content (AvgIpc) is 3.40. The van der Waals surface area contributed by atoms with E-state index in [-0.39, 0.29) is 11.1 Å². The summed E-state index contributed by atoms with van der Waals surface area (Å²) in [5.41, 5.74) is 0.259. The summed E-state index contributed by atoms with van der Waals surface area (Å²) in [4.78, 5) is 56.0. The van der Waals surface area contributed by atoms with Gasteiger partial charge >= 0.3 is 0 Å². The standard InChI is InChI=1S/C27H18ClNO5/c1-14-9-11-15(12-10-14)22-20-21(26(33)29(25(20)32)17-6-4-5-16(28)13-17)27(34-22)23(30)18-7-2-3-8-19(18)24(27)31/h2-13,20-22H,1H3/t20-,21+,22+/m0/s1. The molecule has 2 heterocycles. The third kappa shape index (κ3) is 2.61. The van der Waals surface area contributed by atoms with Crippen LogP contribution in [-0.4, -0.2) is 29.0 Å². The molecule has 0 saturated carbocycles. The molecule has 2 fully saturated rings. The van der Waals surface area contributed by atoms with Crippen molar-refractivity contribution in [3.63, 3.8) is 0 Å². The molecule has 7 heteroatoms. The predicted octanol–water partition coefficient (Wildman–Crippen LogP) is 4.34. The summed E-state index contributed by atoms with van der Waals surface area (Å²) < 4.78 is 6.27. The minimum atomic E-state index is -2.08. The Morgan fingerprint density at radius 3 is 2.09 bits per heavy atom. The monoisotopic (exact) mass is 471 g/mol. The second-order valence-corrected chi connectivity index (χ2v) is 9.32. The van der Waals surface area contributed by atoms with E-state index in [4.69, 9.17) is 16.3 Å². The topological polar surface area (TPSA) is 80.8 Å². The van der Waals surface area contributed by atoms with Gasteiger partial charge in [-0.05, 0) is 30.7 Å². The number of hydrogen-bond acceptors (Lipinski definition) is 5. The summed E-state index contributed by atoms with van der Waals surface area (Å²) in [5, 5.41) is 0.358. The molecule has 168 valence electrons. The summed E-state index contributed by atoms with van der Waals surface area (Å²) in [7, 11) is 0. The van der Waals surface area contributed by atoms with Crippen molar-refractivity contribution in [3.8, 4) is 0 Å². The van der Waals surface area contributed by atoms with Crippen LogP contribution < -0.4 is 4.90 Å². The van der Waals surface area contributed by atoms with Crippen molar-refractivity contribution in [2.75, 3.05) is 4.90 Å². The van der Waals surface area contributed by atoms with Crippen LogP contribution in [0, 0.1) is 18.8 Å². The fraction of sp³-hybridized carbons (Fsp3) is 0.185. The average molecular weight is 472 g/mol. The van der Waals surface area contributed by atoms with Crippen molar-refractivity contribution in [2.45, 2.75) is 18.6 Å².